The lowest BCUT2D eigenvalue weighted by Gasteiger charge is -2.32. The van der Waals surface area contributed by atoms with Crippen LogP contribution in [0.3, 0.4) is 0 Å². The summed E-state index contributed by atoms with van der Waals surface area (Å²) in [5.74, 6) is 3.54. The van der Waals surface area contributed by atoms with E-state index in [1.807, 2.05) is 12.1 Å². The third-order valence-electron chi connectivity index (χ3n) is 7.63. The molecule has 0 amide bonds. The van der Waals surface area contributed by atoms with Crippen molar-refractivity contribution in [3.8, 4) is 6.07 Å². The van der Waals surface area contributed by atoms with Gasteiger partial charge in [-0.25, -0.2) is 4.39 Å². The van der Waals surface area contributed by atoms with Gasteiger partial charge in [-0.15, -0.1) is 0 Å². The van der Waals surface area contributed by atoms with E-state index in [2.05, 4.69) is 18.2 Å². The minimum atomic E-state index is 0.685. The summed E-state index contributed by atoms with van der Waals surface area (Å²) in [7, 11) is 0. The molecule has 0 saturated heterocycles. The maximum absolute atomic E-state index is 12.0. The van der Waals surface area contributed by atoms with E-state index >= 15 is 0 Å². The summed E-state index contributed by atoms with van der Waals surface area (Å²) in [6.45, 7) is 0. The summed E-state index contributed by atoms with van der Waals surface area (Å²) in [6, 6.07) is 10.5. The molecule has 158 valence electrons. The van der Waals surface area contributed by atoms with E-state index in [9.17, 15) is 4.39 Å². The van der Waals surface area contributed by atoms with Gasteiger partial charge >= 0.3 is 0 Å². The van der Waals surface area contributed by atoms with Crippen molar-refractivity contribution < 1.29 is 4.39 Å². The molecular weight excluding hydrogens is 357 g/mol. The van der Waals surface area contributed by atoms with Crippen LogP contribution in [0.15, 0.2) is 36.7 Å². The molecule has 0 aliphatic heterocycles. The van der Waals surface area contributed by atoms with Crippen LogP contribution in [0.5, 0.6) is 0 Å². The molecule has 0 spiro atoms. The molecule has 2 aliphatic rings. The first-order valence-corrected chi connectivity index (χ1v) is 12.0. The van der Waals surface area contributed by atoms with Gasteiger partial charge in [0.1, 0.15) is 0 Å². The van der Waals surface area contributed by atoms with E-state index in [-0.39, 0.29) is 0 Å². The molecule has 1 nitrogen and oxygen atoms in total. The predicted molar refractivity (Wildman–Crippen MR) is 119 cm³/mol. The Morgan fingerprint density at radius 1 is 0.793 bits per heavy atom. The fourth-order valence-electron chi connectivity index (χ4n) is 5.65. The second kappa shape index (κ2) is 12.2. The van der Waals surface area contributed by atoms with Crippen LogP contribution >= 0.6 is 0 Å². The highest BCUT2D eigenvalue weighted by Crippen LogP contribution is 2.40. The summed E-state index contributed by atoms with van der Waals surface area (Å²) < 4.78 is 12.0. The topological polar surface area (TPSA) is 23.8 Å². The van der Waals surface area contributed by atoms with Gasteiger partial charge in [-0.1, -0.05) is 69.6 Å². The zero-order valence-corrected chi connectivity index (χ0v) is 18.0. The SMILES string of the molecule is N#Cc1ccc([C@H]2CC[C@H](CC[C@H]3CC[C@H](CCCCC=CF)CC3)CC2)cc1. The van der Waals surface area contributed by atoms with E-state index in [0.29, 0.717) is 12.2 Å². The Labute approximate surface area is 177 Å². The third-order valence-corrected chi connectivity index (χ3v) is 7.63. The Bertz CT molecular complexity index is 640. The molecule has 0 bridgehead atoms. The summed E-state index contributed by atoms with van der Waals surface area (Å²) in [5, 5.41) is 8.96. The second-order valence-corrected chi connectivity index (χ2v) is 9.56. The number of hydrogen-bond donors (Lipinski definition) is 0. The van der Waals surface area contributed by atoms with Crippen molar-refractivity contribution >= 4 is 0 Å². The number of benzene rings is 1. The fraction of sp³-hybridized carbons (Fsp3) is 0.667. The highest BCUT2D eigenvalue weighted by Gasteiger charge is 2.25. The highest BCUT2D eigenvalue weighted by molar-refractivity contribution is 5.33. The minimum Gasteiger partial charge on any atom is -0.216 e. The van der Waals surface area contributed by atoms with Gasteiger partial charge < -0.3 is 0 Å². The summed E-state index contributed by atoms with van der Waals surface area (Å²) in [5.41, 5.74) is 2.20. The Morgan fingerprint density at radius 3 is 1.90 bits per heavy atom. The van der Waals surface area contributed by atoms with Gasteiger partial charge in [0.25, 0.3) is 0 Å². The number of allylic oxidation sites excluding steroid dienone is 1. The molecule has 1 aromatic carbocycles. The first-order chi connectivity index (χ1) is 14.3. The highest BCUT2D eigenvalue weighted by atomic mass is 19.1. The van der Waals surface area contributed by atoms with E-state index in [4.69, 9.17) is 5.26 Å². The van der Waals surface area contributed by atoms with Crippen LogP contribution in [0.4, 0.5) is 4.39 Å². The third kappa shape index (κ3) is 7.29. The lowest BCUT2D eigenvalue weighted by atomic mass is 9.74. The van der Waals surface area contributed by atoms with Crippen LogP contribution in [0.1, 0.15) is 107 Å². The number of hydrogen-bond acceptors (Lipinski definition) is 1. The molecule has 0 unspecified atom stereocenters. The molecule has 2 heteroatoms. The Balaban J connectivity index is 1.28. The monoisotopic (exact) mass is 395 g/mol. The van der Waals surface area contributed by atoms with Gasteiger partial charge in [-0.05, 0) is 79.9 Å². The van der Waals surface area contributed by atoms with Gasteiger partial charge in [0.15, 0.2) is 0 Å². The van der Waals surface area contributed by atoms with E-state index in [1.165, 1.54) is 82.6 Å². The van der Waals surface area contributed by atoms with Gasteiger partial charge in [0, 0.05) is 0 Å². The Kier molecular flexibility index (Phi) is 9.26. The number of unbranched alkanes of at least 4 members (excludes halogenated alkanes) is 2. The maximum Gasteiger partial charge on any atom is 0.0991 e. The van der Waals surface area contributed by atoms with Crippen LogP contribution in [0.25, 0.3) is 0 Å². The first-order valence-electron chi connectivity index (χ1n) is 12.0. The first kappa shape index (κ1) is 22.1. The fourth-order valence-corrected chi connectivity index (χ4v) is 5.65. The molecule has 2 saturated carbocycles. The molecule has 0 aromatic heterocycles. The van der Waals surface area contributed by atoms with Crippen LogP contribution in [0.2, 0.25) is 0 Å². The molecule has 0 N–H and O–H groups in total. The van der Waals surface area contributed by atoms with Crippen molar-refractivity contribution in [3.05, 3.63) is 47.8 Å². The van der Waals surface area contributed by atoms with Gasteiger partial charge in [0.2, 0.25) is 0 Å². The van der Waals surface area contributed by atoms with Gasteiger partial charge in [-0.2, -0.15) is 5.26 Å². The molecular formula is C27H38FN. The number of nitrogens with zero attached hydrogens (tertiary/aromatic N) is 1. The second-order valence-electron chi connectivity index (χ2n) is 9.56. The minimum absolute atomic E-state index is 0.685. The van der Waals surface area contributed by atoms with Crippen molar-refractivity contribution in [2.45, 2.75) is 95.8 Å². The van der Waals surface area contributed by atoms with Crippen molar-refractivity contribution in [1.82, 2.24) is 0 Å². The lowest BCUT2D eigenvalue weighted by Crippen LogP contribution is -2.17. The van der Waals surface area contributed by atoms with Crippen LogP contribution in [-0.2, 0) is 0 Å². The Morgan fingerprint density at radius 2 is 1.34 bits per heavy atom. The molecule has 0 atom stereocenters. The van der Waals surface area contributed by atoms with Crippen molar-refractivity contribution in [3.63, 3.8) is 0 Å². The average Bonchev–Trinajstić information content (AvgIpc) is 2.79. The zero-order chi connectivity index (χ0) is 20.3. The largest absolute Gasteiger partial charge is 0.216 e. The van der Waals surface area contributed by atoms with Gasteiger partial charge in [0.05, 0.1) is 18.0 Å². The molecule has 3 rings (SSSR count). The van der Waals surface area contributed by atoms with E-state index in [0.717, 1.165) is 36.2 Å². The molecule has 0 heterocycles. The molecule has 1 aromatic rings. The predicted octanol–water partition coefficient (Wildman–Crippen LogP) is 8.46. The normalized spacial score (nSPS) is 27.7. The smallest absolute Gasteiger partial charge is 0.0991 e. The molecule has 29 heavy (non-hydrogen) atoms. The number of nitriles is 1. The Hall–Kier alpha value is -1.62. The molecule has 0 radical (unpaired) electrons. The average molecular weight is 396 g/mol. The standard InChI is InChI=1S/C27H38FN/c28-20-4-2-1-3-5-22-6-8-23(9-7-22)10-11-24-12-16-26(17-13-24)27-18-14-25(21-29)15-19-27/h4,14-15,18-20,22-24,26H,1-3,5-13,16-17H2/t22-,23-,24-,26-. The number of halogens is 1. The van der Waals surface area contributed by atoms with Crippen LogP contribution in [-0.4, -0.2) is 0 Å². The number of rotatable bonds is 9. The van der Waals surface area contributed by atoms with E-state index in [1.54, 1.807) is 6.08 Å². The zero-order valence-electron chi connectivity index (χ0n) is 18.0. The van der Waals surface area contributed by atoms with Gasteiger partial charge in [-0.3, -0.25) is 0 Å². The van der Waals surface area contributed by atoms with Crippen molar-refractivity contribution in [2.24, 2.45) is 17.8 Å². The van der Waals surface area contributed by atoms with E-state index < -0.39 is 0 Å². The molecule has 2 aliphatic carbocycles. The summed E-state index contributed by atoms with van der Waals surface area (Å²) in [4.78, 5) is 0. The lowest BCUT2D eigenvalue weighted by molar-refractivity contribution is 0.222. The maximum atomic E-state index is 12.0. The van der Waals surface area contributed by atoms with Crippen molar-refractivity contribution in [2.75, 3.05) is 0 Å². The van der Waals surface area contributed by atoms with Crippen LogP contribution in [0, 0.1) is 29.1 Å². The quantitative estimate of drug-likeness (QED) is 0.385. The summed E-state index contributed by atoms with van der Waals surface area (Å²) >= 11 is 0. The van der Waals surface area contributed by atoms with Crippen molar-refractivity contribution in [1.29, 1.82) is 5.26 Å². The molecule has 2 fully saturated rings. The van der Waals surface area contributed by atoms with Crippen LogP contribution < -0.4 is 0 Å². The summed E-state index contributed by atoms with van der Waals surface area (Å²) in [6.07, 6.45) is 21.0.